The van der Waals surface area contributed by atoms with E-state index < -0.39 is 0 Å². The highest BCUT2D eigenvalue weighted by Gasteiger charge is 2.13. The average Bonchev–Trinajstić information content (AvgIpc) is 2.78. The molecular formula is C22H22Cl2N4O3. The topological polar surface area (TPSA) is 85.4 Å². The van der Waals surface area contributed by atoms with Gasteiger partial charge in [0, 0.05) is 24.8 Å². The van der Waals surface area contributed by atoms with E-state index in [0.717, 1.165) is 11.3 Å². The van der Waals surface area contributed by atoms with E-state index in [9.17, 15) is 4.79 Å². The molecule has 0 aliphatic heterocycles. The van der Waals surface area contributed by atoms with Crippen molar-refractivity contribution in [1.82, 2.24) is 15.3 Å². The summed E-state index contributed by atoms with van der Waals surface area (Å²) in [5.74, 6) is 1.47. The summed E-state index contributed by atoms with van der Waals surface area (Å²) in [4.78, 5) is 21.1. The van der Waals surface area contributed by atoms with Crippen LogP contribution in [0.3, 0.4) is 0 Å². The van der Waals surface area contributed by atoms with Crippen molar-refractivity contribution in [3.05, 3.63) is 64.3 Å². The average molecular weight is 461 g/mol. The van der Waals surface area contributed by atoms with E-state index in [1.165, 1.54) is 0 Å². The third kappa shape index (κ3) is 5.77. The lowest BCUT2D eigenvalue weighted by atomic mass is 10.1. The number of hydrogen-bond donors (Lipinski definition) is 2. The van der Waals surface area contributed by atoms with Crippen LogP contribution in [0, 0.1) is 0 Å². The van der Waals surface area contributed by atoms with Crippen molar-refractivity contribution in [2.45, 2.75) is 6.42 Å². The number of rotatable bonds is 9. The summed E-state index contributed by atoms with van der Waals surface area (Å²) >= 11 is 12.1. The fourth-order valence-corrected chi connectivity index (χ4v) is 3.46. The van der Waals surface area contributed by atoms with Gasteiger partial charge in [0.1, 0.15) is 0 Å². The molecule has 1 aromatic heterocycles. The fraction of sp³-hybridized carbons (Fsp3) is 0.227. The number of nitrogens with one attached hydrogen (secondary N) is 2. The first-order valence-electron chi connectivity index (χ1n) is 9.55. The van der Waals surface area contributed by atoms with E-state index in [1.54, 1.807) is 38.6 Å². The molecule has 9 heteroatoms. The predicted molar refractivity (Wildman–Crippen MR) is 122 cm³/mol. The molecule has 162 valence electrons. The van der Waals surface area contributed by atoms with Gasteiger partial charge in [0.2, 0.25) is 5.95 Å². The summed E-state index contributed by atoms with van der Waals surface area (Å²) in [6.45, 7) is 1.02. The molecule has 0 saturated heterocycles. The van der Waals surface area contributed by atoms with Gasteiger partial charge in [-0.1, -0.05) is 29.3 Å². The normalized spacial score (nSPS) is 10.5. The van der Waals surface area contributed by atoms with E-state index in [-0.39, 0.29) is 11.5 Å². The molecule has 2 aromatic carbocycles. The number of ether oxygens (including phenoxy) is 2. The Balaban J connectivity index is 1.53. The molecule has 0 unspecified atom stereocenters. The van der Waals surface area contributed by atoms with Crippen molar-refractivity contribution >= 4 is 35.1 Å². The minimum atomic E-state index is -0.303. The van der Waals surface area contributed by atoms with Crippen LogP contribution in [-0.4, -0.2) is 43.2 Å². The van der Waals surface area contributed by atoms with Crippen molar-refractivity contribution in [3.63, 3.8) is 0 Å². The molecule has 0 atom stereocenters. The maximum Gasteiger partial charge on any atom is 0.254 e. The van der Waals surface area contributed by atoms with Crippen LogP contribution in [0.5, 0.6) is 11.5 Å². The number of benzene rings is 2. The van der Waals surface area contributed by atoms with Crippen LogP contribution in [-0.2, 0) is 0 Å². The number of halogens is 2. The van der Waals surface area contributed by atoms with Crippen LogP contribution in [0.25, 0.3) is 11.3 Å². The molecule has 0 aliphatic rings. The van der Waals surface area contributed by atoms with E-state index in [0.29, 0.717) is 47.0 Å². The van der Waals surface area contributed by atoms with Crippen molar-refractivity contribution in [1.29, 1.82) is 0 Å². The Kier molecular flexibility index (Phi) is 7.92. The smallest absolute Gasteiger partial charge is 0.254 e. The number of carbonyl (C=O) groups excluding carboxylic acids is 1. The molecule has 0 bridgehead atoms. The second-order valence-corrected chi connectivity index (χ2v) is 7.28. The maximum absolute atomic E-state index is 12.3. The van der Waals surface area contributed by atoms with Crippen LogP contribution in [0.4, 0.5) is 5.95 Å². The number of amides is 1. The van der Waals surface area contributed by atoms with Crippen LogP contribution in [0.2, 0.25) is 10.0 Å². The SMILES string of the molecule is COc1ccc(-c2ccnc(NCCCNC(=O)c3c(Cl)cccc3Cl)n2)cc1OC. The summed E-state index contributed by atoms with van der Waals surface area (Å²) in [6.07, 6.45) is 2.35. The third-order valence-corrected chi connectivity index (χ3v) is 5.08. The minimum absolute atomic E-state index is 0.282. The molecule has 1 heterocycles. The van der Waals surface area contributed by atoms with Crippen LogP contribution in [0.1, 0.15) is 16.8 Å². The summed E-state index contributed by atoms with van der Waals surface area (Å²) in [7, 11) is 3.18. The third-order valence-electron chi connectivity index (χ3n) is 4.45. The first kappa shape index (κ1) is 22.7. The van der Waals surface area contributed by atoms with E-state index in [1.807, 2.05) is 24.3 Å². The Labute approximate surface area is 190 Å². The zero-order chi connectivity index (χ0) is 22.2. The molecule has 0 aliphatic carbocycles. The molecule has 1 amide bonds. The van der Waals surface area contributed by atoms with E-state index in [2.05, 4.69) is 20.6 Å². The highest BCUT2D eigenvalue weighted by atomic mass is 35.5. The second-order valence-electron chi connectivity index (χ2n) is 6.47. The van der Waals surface area contributed by atoms with Gasteiger partial charge in [-0.2, -0.15) is 0 Å². The molecule has 3 rings (SSSR count). The number of hydrogen-bond acceptors (Lipinski definition) is 6. The molecule has 0 saturated carbocycles. The zero-order valence-electron chi connectivity index (χ0n) is 17.1. The van der Waals surface area contributed by atoms with Crippen molar-refractivity contribution in [3.8, 4) is 22.8 Å². The summed E-state index contributed by atoms with van der Waals surface area (Å²) in [6, 6.07) is 12.4. The van der Waals surface area contributed by atoms with Gasteiger partial charge in [-0.25, -0.2) is 9.97 Å². The lowest BCUT2D eigenvalue weighted by Crippen LogP contribution is -2.26. The molecule has 0 fully saturated rings. The Morgan fingerprint density at radius 2 is 1.74 bits per heavy atom. The Morgan fingerprint density at radius 3 is 2.45 bits per heavy atom. The van der Waals surface area contributed by atoms with E-state index in [4.69, 9.17) is 32.7 Å². The standard InChI is InChI=1S/C22H22Cl2N4O3/c1-30-18-8-7-14(13-19(18)31-2)17-9-12-27-22(28-17)26-11-4-10-25-21(29)20-15(23)5-3-6-16(20)24/h3,5-9,12-13H,4,10-11H2,1-2H3,(H,25,29)(H,26,27,28). The number of anilines is 1. The summed E-state index contributed by atoms with van der Waals surface area (Å²) in [5.41, 5.74) is 1.91. The Bertz CT molecular complexity index is 1040. The molecule has 31 heavy (non-hydrogen) atoms. The fourth-order valence-electron chi connectivity index (χ4n) is 2.89. The van der Waals surface area contributed by atoms with Gasteiger partial charge < -0.3 is 20.1 Å². The van der Waals surface area contributed by atoms with Crippen molar-refractivity contribution < 1.29 is 14.3 Å². The quantitative estimate of drug-likeness (QED) is 0.450. The van der Waals surface area contributed by atoms with Gasteiger partial charge in [-0.15, -0.1) is 0 Å². The van der Waals surface area contributed by atoms with Gasteiger partial charge in [0.05, 0.1) is 35.5 Å². The lowest BCUT2D eigenvalue weighted by Gasteiger charge is -2.11. The highest BCUT2D eigenvalue weighted by molar-refractivity contribution is 6.39. The summed E-state index contributed by atoms with van der Waals surface area (Å²) < 4.78 is 10.6. The molecule has 2 N–H and O–H groups in total. The first-order valence-corrected chi connectivity index (χ1v) is 10.3. The Morgan fingerprint density at radius 1 is 1.00 bits per heavy atom. The van der Waals surface area contributed by atoms with Gasteiger partial charge in [-0.3, -0.25) is 4.79 Å². The number of methoxy groups -OCH3 is 2. The molecule has 0 spiro atoms. The van der Waals surface area contributed by atoms with E-state index >= 15 is 0 Å². The van der Waals surface area contributed by atoms with Gasteiger partial charge >= 0.3 is 0 Å². The molecule has 0 radical (unpaired) electrons. The number of carbonyl (C=O) groups is 1. The summed E-state index contributed by atoms with van der Waals surface area (Å²) in [5, 5.41) is 6.62. The van der Waals surface area contributed by atoms with Crippen molar-refractivity contribution in [2.24, 2.45) is 0 Å². The van der Waals surface area contributed by atoms with Gasteiger partial charge in [0.25, 0.3) is 5.91 Å². The van der Waals surface area contributed by atoms with Crippen molar-refractivity contribution in [2.75, 3.05) is 32.6 Å². The largest absolute Gasteiger partial charge is 0.493 e. The second kappa shape index (κ2) is 10.8. The first-order chi connectivity index (χ1) is 15.0. The highest BCUT2D eigenvalue weighted by Crippen LogP contribution is 2.31. The maximum atomic E-state index is 12.3. The van der Waals surface area contributed by atoms with Crippen LogP contribution >= 0.6 is 23.2 Å². The number of nitrogens with zero attached hydrogens (tertiary/aromatic N) is 2. The monoisotopic (exact) mass is 460 g/mol. The zero-order valence-corrected chi connectivity index (χ0v) is 18.6. The van der Waals surface area contributed by atoms with Gasteiger partial charge in [0.15, 0.2) is 11.5 Å². The molecular weight excluding hydrogens is 439 g/mol. The van der Waals surface area contributed by atoms with Crippen LogP contribution < -0.4 is 20.1 Å². The molecule has 3 aromatic rings. The number of aromatic nitrogens is 2. The lowest BCUT2D eigenvalue weighted by molar-refractivity contribution is 0.0954. The Hall–Kier alpha value is -3.03. The molecule has 7 nitrogen and oxygen atoms in total. The minimum Gasteiger partial charge on any atom is -0.493 e. The van der Waals surface area contributed by atoms with Crippen LogP contribution in [0.15, 0.2) is 48.7 Å². The predicted octanol–water partition coefficient (Wildman–Crippen LogP) is 4.70. The van der Waals surface area contributed by atoms with Gasteiger partial charge in [-0.05, 0) is 42.8 Å².